The van der Waals surface area contributed by atoms with Crippen molar-refractivity contribution in [3.8, 4) is 5.75 Å². The highest BCUT2D eigenvalue weighted by atomic mass is 35.5. The van der Waals surface area contributed by atoms with Crippen LogP contribution in [0.1, 0.15) is 47.9 Å². The molecule has 276 valence electrons. The van der Waals surface area contributed by atoms with E-state index in [4.69, 9.17) is 27.9 Å². The molecule has 53 heavy (non-hydrogen) atoms. The number of carboxylic acid groups (broad SMARTS) is 1. The Morgan fingerprint density at radius 2 is 1.34 bits per heavy atom. The number of carboxylic acids is 1. The van der Waals surface area contributed by atoms with Gasteiger partial charge >= 0.3 is 5.97 Å². The standard InChI is InChI=1S/C42H42Cl2N2O7/c43-33-17-16-30(36(44)25-33)23-38-41(50)45-37(20-14-28-9-5-2-6-10-28)39(48)24-32(42(51)52)21-29-12-18-35(19-13-29)53-26-34(47)22-31(40(49)46-38)15-11-27-7-3-1-4-8-27/h1-10,12-13,16-19,25,31-32,37-38H,11,14-15,20-24,26H2,(H,45,50)(H,46,49)(H,51,52)/t31-,32+,37+,38-/m0/s1. The maximum atomic E-state index is 14.2. The van der Waals surface area contributed by atoms with Gasteiger partial charge in [0.2, 0.25) is 11.8 Å². The SMILES string of the molecule is O=C1COc2ccc(cc2)C[C@@H](C(=O)O)CC(=O)[C@@H](CCc2ccccc2)NC(=O)[C@H](Cc2ccc(Cl)cc2Cl)NC(=O)[C@@H](CCc2ccccc2)C1. The second-order valence-corrected chi connectivity index (χ2v) is 14.2. The minimum Gasteiger partial charge on any atom is -0.486 e. The third kappa shape index (κ3) is 12.0. The Balaban J connectivity index is 1.49. The van der Waals surface area contributed by atoms with Crippen LogP contribution in [0.25, 0.3) is 0 Å². The van der Waals surface area contributed by atoms with Crippen LogP contribution in [-0.2, 0) is 49.7 Å². The van der Waals surface area contributed by atoms with Gasteiger partial charge in [-0.3, -0.25) is 24.0 Å². The lowest BCUT2D eigenvalue weighted by atomic mass is 9.90. The summed E-state index contributed by atoms with van der Waals surface area (Å²) in [6.07, 6.45) is 1.02. The monoisotopic (exact) mass is 756 g/mol. The van der Waals surface area contributed by atoms with Crippen LogP contribution in [0.15, 0.2) is 103 Å². The number of amides is 2. The van der Waals surface area contributed by atoms with Crippen LogP contribution in [0.3, 0.4) is 0 Å². The van der Waals surface area contributed by atoms with Crippen LogP contribution in [0, 0.1) is 11.8 Å². The van der Waals surface area contributed by atoms with Gasteiger partial charge < -0.3 is 20.5 Å². The molecule has 0 radical (unpaired) electrons. The Morgan fingerprint density at radius 3 is 1.96 bits per heavy atom. The Bertz CT molecular complexity index is 1890. The van der Waals surface area contributed by atoms with Crippen molar-refractivity contribution < 1.29 is 33.8 Å². The van der Waals surface area contributed by atoms with Crippen LogP contribution in [0.2, 0.25) is 10.0 Å². The van der Waals surface area contributed by atoms with E-state index in [0.717, 1.165) is 11.1 Å². The van der Waals surface area contributed by atoms with Crippen molar-refractivity contribution in [1.82, 2.24) is 10.6 Å². The number of ether oxygens (including phenoxy) is 1. The number of aryl methyl sites for hydroxylation is 2. The predicted octanol–water partition coefficient (Wildman–Crippen LogP) is 6.64. The summed E-state index contributed by atoms with van der Waals surface area (Å²) < 4.78 is 5.75. The second kappa shape index (κ2) is 19.2. The zero-order chi connectivity index (χ0) is 37.7. The fourth-order valence-electron chi connectivity index (χ4n) is 6.39. The van der Waals surface area contributed by atoms with E-state index in [-0.39, 0.29) is 49.5 Å². The van der Waals surface area contributed by atoms with Crippen LogP contribution in [0.4, 0.5) is 0 Å². The molecule has 2 amide bonds. The molecule has 2 aliphatic rings. The fraction of sp³-hybridized carbons (Fsp3) is 0.310. The van der Waals surface area contributed by atoms with Gasteiger partial charge in [-0.05, 0) is 78.6 Å². The van der Waals surface area contributed by atoms with E-state index < -0.39 is 47.5 Å². The summed E-state index contributed by atoms with van der Waals surface area (Å²) in [4.78, 5) is 68.0. The van der Waals surface area contributed by atoms with E-state index >= 15 is 0 Å². The van der Waals surface area contributed by atoms with Crippen LogP contribution < -0.4 is 15.4 Å². The largest absolute Gasteiger partial charge is 0.486 e. The highest BCUT2D eigenvalue weighted by Crippen LogP contribution is 2.24. The van der Waals surface area contributed by atoms with Crippen LogP contribution >= 0.6 is 23.2 Å². The van der Waals surface area contributed by atoms with E-state index in [1.165, 1.54) is 6.07 Å². The number of hydrogen-bond acceptors (Lipinski definition) is 6. The first kappa shape index (κ1) is 39.2. The highest BCUT2D eigenvalue weighted by molar-refractivity contribution is 6.35. The van der Waals surface area contributed by atoms with Gasteiger partial charge in [0.25, 0.3) is 0 Å². The second-order valence-electron chi connectivity index (χ2n) is 13.4. The molecule has 4 atom stereocenters. The number of hydrogen-bond donors (Lipinski definition) is 3. The van der Waals surface area contributed by atoms with Crippen molar-refractivity contribution in [3.63, 3.8) is 0 Å². The summed E-state index contributed by atoms with van der Waals surface area (Å²) in [5, 5.41) is 16.5. The highest BCUT2D eigenvalue weighted by Gasteiger charge is 2.32. The van der Waals surface area contributed by atoms with Gasteiger partial charge in [-0.2, -0.15) is 0 Å². The first-order chi connectivity index (χ1) is 25.5. The number of ketones is 2. The molecule has 6 rings (SSSR count). The zero-order valence-corrected chi connectivity index (χ0v) is 30.7. The van der Waals surface area contributed by atoms with E-state index in [2.05, 4.69) is 10.6 Å². The molecule has 9 nitrogen and oxygen atoms in total. The van der Waals surface area contributed by atoms with Gasteiger partial charge in [0.05, 0.1) is 12.0 Å². The molecule has 2 heterocycles. The van der Waals surface area contributed by atoms with Crippen LogP contribution in [-0.4, -0.2) is 53.1 Å². The molecule has 2 bridgehead atoms. The number of carbonyl (C=O) groups excluding carboxylic acids is 4. The Hall–Kier alpha value is -4.99. The lowest BCUT2D eigenvalue weighted by molar-refractivity contribution is -0.144. The lowest BCUT2D eigenvalue weighted by Gasteiger charge is -2.26. The Morgan fingerprint density at radius 1 is 0.717 bits per heavy atom. The minimum absolute atomic E-state index is 0.0403. The molecular formula is C42H42Cl2N2O7. The van der Waals surface area contributed by atoms with Crippen molar-refractivity contribution in [2.75, 3.05) is 6.61 Å². The van der Waals surface area contributed by atoms with E-state index in [1.807, 2.05) is 60.7 Å². The molecule has 0 saturated heterocycles. The molecule has 4 aromatic rings. The smallest absolute Gasteiger partial charge is 0.307 e. The van der Waals surface area contributed by atoms with Gasteiger partial charge in [-0.15, -0.1) is 0 Å². The molecule has 0 saturated carbocycles. The van der Waals surface area contributed by atoms with E-state index in [1.54, 1.807) is 36.4 Å². The first-order valence-corrected chi connectivity index (χ1v) is 18.4. The molecule has 3 N–H and O–H groups in total. The molecular weight excluding hydrogens is 715 g/mol. The average molecular weight is 758 g/mol. The topological polar surface area (TPSA) is 139 Å². The number of rotatable bonds is 9. The van der Waals surface area contributed by atoms with Gasteiger partial charge in [-0.1, -0.05) is 102 Å². The number of nitrogens with one attached hydrogen (secondary N) is 2. The maximum absolute atomic E-state index is 14.2. The van der Waals surface area contributed by atoms with Crippen molar-refractivity contribution >= 4 is 52.6 Å². The zero-order valence-electron chi connectivity index (χ0n) is 29.1. The van der Waals surface area contributed by atoms with Crippen molar-refractivity contribution in [1.29, 1.82) is 0 Å². The summed E-state index contributed by atoms with van der Waals surface area (Å²) in [5.41, 5.74) is 3.12. The van der Waals surface area contributed by atoms with Crippen molar-refractivity contribution in [2.24, 2.45) is 11.8 Å². The molecule has 0 unspecified atom stereocenters. The third-order valence-corrected chi connectivity index (χ3v) is 10.00. The third-order valence-electron chi connectivity index (χ3n) is 9.41. The van der Waals surface area contributed by atoms with Crippen LogP contribution in [0.5, 0.6) is 5.75 Å². The summed E-state index contributed by atoms with van der Waals surface area (Å²) in [5.74, 6) is -4.52. The van der Waals surface area contributed by atoms with E-state index in [0.29, 0.717) is 41.2 Å². The van der Waals surface area contributed by atoms with Gasteiger partial charge in [0.15, 0.2) is 11.6 Å². The maximum Gasteiger partial charge on any atom is 0.307 e. The predicted molar refractivity (Wildman–Crippen MR) is 203 cm³/mol. The van der Waals surface area contributed by atoms with Gasteiger partial charge in [0, 0.05) is 35.2 Å². The van der Waals surface area contributed by atoms with Gasteiger partial charge in [0.1, 0.15) is 18.4 Å². The number of Topliss-reactive ketones (excluding diaryl/α,β-unsaturated/α-hetero) is 2. The number of fused-ring (bicyclic) bond motifs is 16. The normalized spacial score (nSPS) is 20.3. The summed E-state index contributed by atoms with van der Waals surface area (Å²) in [6, 6.07) is 28.3. The van der Waals surface area contributed by atoms with Crippen molar-refractivity contribution in [3.05, 3.63) is 135 Å². The molecule has 0 aliphatic carbocycles. The van der Waals surface area contributed by atoms with Crippen molar-refractivity contribution in [2.45, 2.75) is 63.5 Å². The molecule has 0 fully saturated rings. The fourth-order valence-corrected chi connectivity index (χ4v) is 6.88. The van der Waals surface area contributed by atoms with Gasteiger partial charge in [-0.25, -0.2) is 0 Å². The number of halogens is 2. The molecule has 11 heteroatoms. The minimum atomic E-state index is -1.20. The summed E-state index contributed by atoms with van der Waals surface area (Å²) in [7, 11) is 0. The molecule has 0 spiro atoms. The first-order valence-electron chi connectivity index (χ1n) is 17.7. The molecule has 2 aliphatic heterocycles. The summed E-state index contributed by atoms with van der Waals surface area (Å²) in [6.45, 7) is -0.284. The number of aliphatic carboxylic acids is 1. The Labute approximate surface area is 319 Å². The molecule has 4 aromatic carbocycles. The quantitative estimate of drug-likeness (QED) is 0.174. The Kier molecular flexibility index (Phi) is 14.2. The van der Waals surface area contributed by atoms with E-state index in [9.17, 15) is 29.1 Å². The number of benzene rings is 4. The number of carbonyl (C=O) groups is 5. The molecule has 0 aromatic heterocycles. The lowest BCUT2D eigenvalue weighted by Crippen LogP contribution is -2.54. The average Bonchev–Trinajstić information content (AvgIpc) is 3.15. The summed E-state index contributed by atoms with van der Waals surface area (Å²) >= 11 is 12.7.